The summed E-state index contributed by atoms with van der Waals surface area (Å²) in [6.45, 7) is 0.574. The van der Waals surface area contributed by atoms with E-state index in [0.717, 1.165) is 33.7 Å². The standard InChI is InChI=1S/C22H18Cl2N2O/c1-27-16-11-9-15(10-12-16)13-22-25-20-7-2-3-8-21(20)26(22)14-17-18(23)5-4-6-19(17)24/h2-12H,13-14H2,1H3. The summed E-state index contributed by atoms with van der Waals surface area (Å²) in [4.78, 5) is 4.85. The highest BCUT2D eigenvalue weighted by molar-refractivity contribution is 6.36. The van der Waals surface area contributed by atoms with Crippen molar-refractivity contribution < 1.29 is 4.74 Å². The molecule has 1 aromatic heterocycles. The van der Waals surface area contributed by atoms with Crippen LogP contribution in [-0.4, -0.2) is 16.7 Å². The lowest BCUT2D eigenvalue weighted by molar-refractivity contribution is 0.414. The van der Waals surface area contributed by atoms with Gasteiger partial charge in [-0.1, -0.05) is 53.5 Å². The second-order valence-electron chi connectivity index (χ2n) is 6.33. The highest BCUT2D eigenvalue weighted by Gasteiger charge is 2.14. The number of methoxy groups -OCH3 is 1. The summed E-state index contributed by atoms with van der Waals surface area (Å²) in [5.41, 5.74) is 4.10. The number of hydrogen-bond acceptors (Lipinski definition) is 2. The molecule has 0 fully saturated rings. The van der Waals surface area contributed by atoms with Crippen LogP contribution in [0.25, 0.3) is 11.0 Å². The molecule has 0 aliphatic rings. The Bertz CT molecular complexity index is 1070. The fraction of sp³-hybridized carbons (Fsp3) is 0.136. The number of halogens is 2. The Morgan fingerprint density at radius 1 is 0.889 bits per heavy atom. The quantitative estimate of drug-likeness (QED) is 0.414. The Morgan fingerprint density at radius 2 is 1.59 bits per heavy atom. The number of hydrogen-bond donors (Lipinski definition) is 0. The van der Waals surface area contributed by atoms with Gasteiger partial charge < -0.3 is 9.30 Å². The number of ether oxygens (including phenoxy) is 1. The van der Waals surface area contributed by atoms with Crippen LogP contribution in [0.1, 0.15) is 17.0 Å². The molecule has 0 amide bonds. The number of nitrogens with zero attached hydrogens (tertiary/aromatic N) is 2. The molecule has 5 heteroatoms. The van der Waals surface area contributed by atoms with Crippen LogP contribution in [0.4, 0.5) is 0 Å². The average molecular weight is 397 g/mol. The molecule has 0 spiro atoms. The second kappa shape index (κ2) is 7.63. The topological polar surface area (TPSA) is 27.1 Å². The van der Waals surface area contributed by atoms with Crippen molar-refractivity contribution in [2.24, 2.45) is 0 Å². The van der Waals surface area contributed by atoms with Crippen LogP contribution in [0.15, 0.2) is 66.7 Å². The Labute approximate surface area is 168 Å². The largest absolute Gasteiger partial charge is 0.497 e. The molecular weight excluding hydrogens is 379 g/mol. The molecule has 0 unspecified atom stereocenters. The van der Waals surface area contributed by atoms with Gasteiger partial charge in [0.25, 0.3) is 0 Å². The van der Waals surface area contributed by atoms with E-state index in [1.807, 2.05) is 48.5 Å². The zero-order valence-electron chi connectivity index (χ0n) is 14.8. The molecule has 27 heavy (non-hydrogen) atoms. The maximum atomic E-state index is 6.41. The van der Waals surface area contributed by atoms with Gasteiger partial charge in [0, 0.05) is 22.0 Å². The zero-order chi connectivity index (χ0) is 18.8. The Kier molecular flexibility index (Phi) is 5.06. The number of imidazole rings is 1. The number of benzene rings is 3. The van der Waals surface area contributed by atoms with E-state index in [4.69, 9.17) is 32.9 Å². The predicted molar refractivity (Wildman–Crippen MR) is 111 cm³/mol. The van der Waals surface area contributed by atoms with Crippen molar-refractivity contribution in [2.45, 2.75) is 13.0 Å². The summed E-state index contributed by atoms with van der Waals surface area (Å²) in [5, 5.41) is 1.33. The maximum Gasteiger partial charge on any atom is 0.118 e. The summed E-state index contributed by atoms with van der Waals surface area (Å²) in [6.07, 6.45) is 0.709. The number of fused-ring (bicyclic) bond motifs is 1. The van der Waals surface area contributed by atoms with Crippen LogP contribution < -0.4 is 4.74 Å². The molecule has 0 saturated heterocycles. The summed E-state index contributed by atoms with van der Waals surface area (Å²) in [6, 6.07) is 21.8. The first kappa shape index (κ1) is 17.9. The molecule has 0 radical (unpaired) electrons. The Balaban J connectivity index is 1.77. The number of rotatable bonds is 5. The smallest absolute Gasteiger partial charge is 0.118 e. The first-order chi connectivity index (χ1) is 13.2. The molecule has 136 valence electrons. The molecule has 0 N–H and O–H groups in total. The highest BCUT2D eigenvalue weighted by Crippen LogP contribution is 2.28. The van der Waals surface area contributed by atoms with Crippen molar-refractivity contribution in [2.75, 3.05) is 7.11 Å². The summed E-state index contributed by atoms with van der Waals surface area (Å²) < 4.78 is 7.43. The molecule has 0 bridgehead atoms. The van der Waals surface area contributed by atoms with Gasteiger partial charge in [-0.15, -0.1) is 0 Å². The van der Waals surface area contributed by atoms with Crippen LogP contribution in [-0.2, 0) is 13.0 Å². The van der Waals surface area contributed by atoms with Gasteiger partial charge in [0.1, 0.15) is 11.6 Å². The van der Waals surface area contributed by atoms with E-state index in [1.54, 1.807) is 7.11 Å². The second-order valence-corrected chi connectivity index (χ2v) is 7.14. The van der Waals surface area contributed by atoms with E-state index in [-0.39, 0.29) is 0 Å². The van der Waals surface area contributed by atoms with Crippen LogP contribution in [0.3, 0.4) is 0 Å². The minimum atomic E-state index is 0.574. The van der Waals surface area contributed by atoms with Crippen molar-refractivity contribution in [1.82, 2.24) is 9.55 Å². The van der Waals surface area contributed by atoms with Crippen molar-refractivity contribution in [3.05, 3.63) is 93.7 Å². The highest BCUT2D eigenvalue weighted by atomic mass is 35.5. The van der Waals surface area contributed by atoms with E-state index < -0.39 is 0 Å². The van der Waals surface area contributed by atoms with E-state index in [0.29, 0.717) is 23.0 Å². The Morgan fingerprint density at radius 3 is 2.30 bits per heavy atom. The fourth-order valence-electron chi connectivity index (χ4n) is 3.20. The van der Waals surface area contributed by atoms with Crippen LogP contribution in [0, 0.1) is 0 Å². The van der Waals surface area contributed by atoms with Crippen LogP contribution >= 0.6 is 23.2 Å². The van der Waals surface area contributed by atoms with Gasteiger partial charge in [0.05, 0.1) is 24.7 Å². The van der Waals surface area contributed by atoms with Gasteiger partial charge in [-0.25, -0.2) is 4.98 Å². The monoisotopic (exact) mass is 396 g/mol. The van der Waals surface area contributed by atoms with Crippen molar-refractivity contribution in [3.63, 3.8) is 0 Å². The molecule has 0 atom stereocenters. The number of para-hydroxylation sites is 2. The van der Waals surface area contributed by atoms with E-state index >= 15 is 0 Å². The van der Waals surface area contributed by atoms with E-state index in [2.05, 4.69) is 22.8 Å². The lowest BCUT2D eigenvalue weighted by atomic mass is 10.1. The minimum Gasteiger partial charge on any atom is -0.497 e. The van der Waals surface area contributed by atoms with E-state index in [1.165, 1.54) is 0 Å². The van der Waals surface area contributed by atoms with Gasteiger partial charge in [-0.2, -0.15) is 0 Å². The van der Waals surface area contributed by atoms with Gasteiger partial charge in [-0.05, 0) is 42.0 Å². The molecule has 4 rings (SSSR count). The molecule has 0 saturated carbocycles. The Hall–Kier alpha value is -2.49. The van der Waals surface area contributed by atoms with Crippen molar-refractivity contribution in [1.29, 1.82) is 0 Å². The molecule has 3 aromatic carbocycles. The molecular formula is C22H18Cl2N2O. The molecule has 1 heterocycles. The molecule has 0 aliphatic carbocycles. The third-order valence-electron chi connectivity index (χ3n) is 4.63. The van der Waals surface area contributed by atoms with Gasteiger partial charge >= 0.3 is 0 Å². The van der Waals surface area contributed by atoms with Gasteiger partial charge in [-0.3, -0.25) is 0 Å². The SMILES string of the molecule is COc1ccc(Cc2nc3ccccc3n2Cc2c(Cl)cccc2Cl)cc1. The third-order valence-corrected chi connectivity index (χ3v) is 5.34. The fourth-order valence-corrected chi connectivity index (χ4v) is 3.72. The molecule has 4 aromatic rings. The van der Waals surface area contributed by atoms with Crippen molar-refractivity contribution in [3.8, 4) is 5.75 Å². The predicted octanol–water partition coefficient (Wildman–Crippen LogP) is 5.99. The zero-order valence-corrected chi connectivity index (χ0v) is 16.3. The molecule has 0 aliphatic heterocycles. The normalized spacial score (nSPS) is 11.1. The minimum absolute atomic E-state index is 0.574. The summed E-state index contributed by atoms with van der Waals surface area (Å²) >= 11 is 12.8. The third kappa shape index (κ3) is 3.66. The first-order valence-corrected chi connectivity index (χ1v) is 9.41. The van der Waals surface area contributed by atoms with Crippen LogP contribution in [0.5, 0.6) is 5.75 Å². The summed E-state index contributed by atoms with van der Waals surface area (Å²) in [7, 11) is 1.67. The van der Waals surface area contributed by atoms with Gasteiger partial charge in [0.15, 0.2) is 0 Å². The van der Waals surface area contributed by atoms with Crippen LogP contribution in [0.2, 0.25) is 10.0 Å². The number of aromatic nitrogens is 2. The summed E-state index contributed by atoms with van der Waals surface area (Å²) in [5.74, 6) is 1.81. The maximum absolute atomic E-state index is 6.41. The van der Waals surface area contributed by atoms with Gasteiger partial charge in [0.2, 0.25) is 0 Å². The van der Waals surface area contributed by atoms with Crippen molar-refractivity contribution >= 4 is 34.2 Å². The first-order valence-electron chi connectivity index (χ1n) is 8.65. The lowest BCUT2D eigenvalue weighted by Crippen LogP contribution is -2.07. The van der Waals surface area contributed by atoms with E-state index in [9.17, 15) is 0 Å². The molecule has 3 nitrogen and oxygen atoms in total. The average Bonchev–Trinajstić information content (AvgIpc) is 3.02. The lowest BCUT2D eigenvalue weighted by Gasteiger charge is -2.12.